The molecule has 0 aliphatic carbocycles. The fraction of sp³-hybridized carbons (Fsp3) is 0.591. The second-order valence-corrected chi connectivity index (χ2v) is 7.79. The van der Waals surface area contributed by atoms with Crippen molar-refractivity contribution < 1.29 is 4.74 Å². The summed E-state index contributed by atoms with van der Waals surface area (Å²) in [7, 11) is 0. The molecule has 0 unspecified atom stereocenters. The topological polar surface area (TPSA) is 42.3 Å². The van der Waals surface area contributed by atoms with Gasteiger partial charge in [0.05, 0.1) is 17.9 Å². The van der Waals surface area contributed by atoms with Gasteiger partial charge in [0.2, 0.25) is 0 Å². The maximum absolute atomic E-state index is 5.87. The van der Waals surface area contributed by atoms with Gasteiger partial charge in [-0.2, -0.15) is 5.10 Å². The van der Waals surface area contributed by atoms with Crippen LogP contribution < -0.4 is 5.32 Å². The van der Waals surface area contributed by atoms with Crippen LogP contribution in [0.15, 0.2) is 24.3 Å². The summed E-state index contributed by atoms with van der Waals surface area (Å²) in [6, 6.07) is 8.78. The molecule has 0 bridgehead atoms. The fourth-order valence-electron chi connectivity index (χ4n) is 4.16. The van der Waals surface area contributed by atoms with Gasteiger partial charge in [-0.15, -0.1) is 0 Å². The molecule has 2 aromatic rings. The number of hydrogen-bond acceptors (Lipinski definition) is 4. The molecule has 148 valence electrons. The lowest BCUT2D eigenvalue weighted by Gasteiger charge is -2.35. The van der Waals surface area contributed by atoms with Crippen molar-refractivity contribution in [1.29, 1.82) is 0 Å². The van der Waals surface area contributed by atoms with Gasteiger partial charge < -0.3 is 10.1 Å². The first-order chi connectivity index (χ1) is 13.0. The van der Waals surface area contributed by atoms with E-state index in [4.69, 9.17) is 4.74 Å². The number of rotatable bonds is 7. The van der Waals surface area contributed by atoms with Gasteiger partial charge in [-0.25, -0.2) is 0 Å². The number of nitrogens with one attached hydrogen (secondary N) is 1. The van der Waals surface area contributed by atoms with E-state index in [0.717, 1.165) is 45.0 Å². The van der Waals surface area contributed by atoms with E-state index in [1.807, 2.05) is 0 Å². The summed E-state index contributed by atoms with van der Waals surface area (Å²) in [4.78, 5) is 2.51. The molecule has 2 heterocycles. The quantitative estimate of drug-likeness (QED) is 0.811. The van der Waals surface area contributed by atoms with Crippen molar-refractivity contribution in [2.75, 3.05) is 13.1 Å². The summed E-state index contributed by atoms with van der Waals surface area (Å²) in [5.74, 6) is 0. The van der Waals surface area contributed by atoms with Crippen molar-refractivity contribution >= 4 is 0 Å². The highest BCUT2D eigenvalue weighted by molar-refractivity contribution is 5.28. The van der Waals surface area contributed by atoms with Crippen molar-refractivity contribution in [3.8, 4) is 0 Å². The number of ether oxygens (including phenoxy) is 1. The largest absolute Gasteiger partial charge is 0.373 e. The van der Waals surface area contributed by atoms with E-state index in [9.17, 15) is 0 Å². The first-order valence-corrected chi connectivity index (χ1v) is 10.2. The standard InChI is InChI=1S/C22H34N4O/c1-6-26-19(5)22(18(4)24-26)12-23-11-20-9-7-8-10-21(20)15-25-13-16(2)27-17(3)14-25/h7-10,16-17,23H,6,11-15H2,1-5H3/t16-,17-/m0/s1. The van der Waals surface area contributed by atoms with Gasteiger partial charge >= 0.3 is 0 Å². The third-order valence-electron chi connectivity index (χ3n) is 5.46. The van der Waals surface area contributed by atoms with Gasteiger partial charge in [0.1, 0.15) is 0 Å². The van der Waals surface area contributed by atoms with Crippen molar-refractivity contribution in [2.45, 2.75) is 73.0 Å². The summed E-state index contributed by atoms with van der Waals surface area (Å²) in [5, 5.41) is 8.26. The van der Waals surface area contributed by atoms with Gasteiger partial charge in [-0.1, -0.05) is 24.3 Å². The molecule has 3 rings (SSSR count). The Hall–Kier alpha value is -1.69. The van der Waals surface area contributed by atoms with Crippen LogP contribution >= 0.6 is 0 Å². The molecule has 27 heavy (non-hydrogen) atoms. The van der Waals surface area contributed by atoms with Gasteiger partial charge in [-0.05, 0) is 45.7 Å². The molecule has 1 aliphatic rings. The Morgan fingerprint density at radius 1 is 1.07 bits per heavy atom. The van der Waals surface area contributed by atoms with Crippen LogP contribution in [0.2, 0.25) is 0 Å². The molecular formula is C22H34N4O. The van der Waals surface area contributed by atoms with E-state index < -0.39 is 0 Å². The van der Waals surface area contributed by atoms with Crippen LogP contribution in [0.25, 0.3) is 0 Å². The van der Waals surface area contributed by atoms with Gasteiger partial charge in [-0.3, -0.25) is 9.58 Å². The second-order valence-electron chi connectivity index (χ2n) is 7.79. The maximum atomic E-state index is 5.87. The van der Waals surface area contributed by atoms with Crippen LogP contribution in [0.4, 0.5) is 0 Å². The summed E-state index contributed by atoms with van der Waals surface area (Å²) in [6.45, 7) is 16.4. The number of morpholine rings is 1. The Balaban J connectivity index is 1.62. The number of aryl methyl sites for hydroxylation is 2. The first-order valence-electron chi connectivity index (χ1n) is 10.2. The van der Waals surface area contributed by atoms with Crippen molar-refractivity contribution in [3.63, 3.8) is 0 Å². The van der Waals surface area contributed by atoms with Gasteiger partial charge in [0, 0.05) is 50.5 Å². The molecular weight excluding hydrogens is 336 g/mol. The third-order valence-corrected chi connectivity index (χ3v) is 5.46. The lowest BCUT2D eigenvalue weighted by Crippen LogP contribution is -2.45. The number of nitrogens with zero attached hydrogens (tertiary/aromatic N) is 3. The minimum atomic E-state index is 0.306. The molecule has 0 spiro atoms. The predicted molar refractivity (Wildman–Crippen MR) is 110 cm³/mol. The Morgan fingerprint density at radius 3 is 2.37 bits per heavy atom. The van der Waals surface area contributed by atoms with Crippen LogP contribution in [0.5, 0.6) is 0 Å². The van der Waals surface area contributed by atoms with E-state index in [0.29, 0.717) is 12.2 Å². The van der Waals surface area contributed by atoms with Crippen LogP contribution in [0, 0.1) is 13.8 Å². The molecule has 1 saturated heterocycles. The molecule has 2 atom stereocenters. The molecule has 5 heteroatoms. The molecule has 1 aromatic carbocycles. The van der Waals surface area contributed by atoms with E-state index in [-0.39, 0.29) is 0 Å². The fourth-order valence-corrected chi connectivity index (χ4v) is 4.16. The zero-order valence-electron chi connectivity index (χ0n) is 17.5. The highest BCUT2D eigenvalue weighted by atomic mass is 16.5. The zero-order chi connectivity index (χ0) is 19.4. The highest BCUT2D eigenvalue weighted by Crippen LogP contribution is 2.18. The number of hydrogen-bond donors (Lipinski definition) is 1. The Morgan fingerprint density at radius 2 is 1.74 bits per heavy atom. The lowest BCUT2D eigenvalue weighted by atomic mass is 10.1. The summed E-state index contributed by atoms with van der Waals surface area (Å²) in [5.41, 5.74) is 6.51. The minimum absolute atomic E-state index is 0.306. The first kappa shape index (κ1) is 20.1. The van der Waals surface area contributed by atoms with E-state index in [1.54, 1.807) is 0 Å². The van der Waals surface area contributed by atoms with Crippen LogP contribution in [-0.2, 0) is 30.9 Å². The molecule has 1 aliphatic heterocycles. The van der Waals surface area contributed by atoms with Crippen LogP contribution in [0.1, 0.15) is 48.8 Å². The zero-order valence-corrected chi connectivity index (χ0v) is 17.5. The molecule has 0 saturated carbocycles. The molecule has 1 N–H and O–H groups in total. The normalized spacial score (nSPS) is 20.9. The van der Waals surface area contributed by atoms with Gasteiger partial charge in [0.25, 0.3) is 0 Å². The van der Waals surface area contributed by atoms with Crippen LogP contribution in [-0.4, -0.2) is 40.0 Å². The van der Waals surface area contributed by atoms with E-state index in [1.165, 1.54) is 22.4 Å². The third kappa shape index (κ3) is 4.98. The van der Waals surface area contributed by atoms with Crippen LogP contribution in [0.3, 0.4) is 0 Å². The molecule has 1 fully saturated rings. The highest BCUT2D eigenvalue weighted by Gasteiger charge is 2.22. The predicted octanol–water partition coefficient (Wildman–Crippen LogP) is 3.42. The average Bonchev–Trinajstić information content (AvgIpc) is 2.89. The molecule has 5 nitrogen and oxygen atoms in total. The summed E-state index contributed by atoms with van der Waals surface area (Å²) in [6.07, 6.45) is 0.611. The second kappa shape index (κ2) is 9.00. The molecule has 1 aromatic heterocycles. The minimum Gasteiger partial charge on any atom is -0.373 e. The SMILES string of the molecule is CCn1nc(C)c(CNCc2ccccc2CN2C[C@H](C)O[C@@H](C)C2)c1C. The maximum Gasteiger partial charge on any atom is 0.0678 e. The lowest BCUT2D eigenvalue weighted by molar-refractivity contribution is -0.0705. The smallest absolute Gasteiger partial charge is 0.0678 e. The van der Waals surface area contributed by atoms with Gasteiger partial charge in [0.15, 0.2) is 0 Å². The average molecular weight is 371 g/mol. The Kier molecular flexibility index (Phi) is 6.68. The Bertz CT molecular complexity index is 745. The van der Waals surface area contributed by atoms with E-state index in [2.05, 4.69) is 78.9 Å². The summed E-state index contributed by atoms with van der Waals surface area (Å²) >= 11 is 0. The molecule has 0 radical (unpaired) electrons. The monoisotopic (exact) mass is 370 g/mol. The molecule has 0 amide bonds. The van der Waals surface area contributed by atoms with Crippen molar-refractivity contribution in [3.05, 3.63) is 52.3 Å². The number of benzene rings is 1. The summed E-state index contributed by atoms with van der Waals surface area (Å²) < 4.78 is 7.95. The van der Waals surface area contributed by atoms with E-state index >= 15 is 0 Å². The Labute approximate surface area is 163 Å². The number of aromatic nitrogens is 2. The van der Waals surface area contributed by atoms with Crippen molar-refractivity contribution in [2.24, 2.45) is 0 Å². The van der Waals surface area contributed by atoms with Crippen molar-refractivity contribution in [1.82, 2.24) is 20.0 Å².